The molecule has 0 saturated heterocycles. The van der Waals surface area contributed by atoms with E-state index < -0.39 is 11.8 Å². The van der Waals surface area contributed by atoms with Gasteiger partial charge < -0.3 is 10.6 Å². The summed E-state index contributed by atoms with van der Waals surface area (Å²) < 4.78 is 27.1. The van der Waals surface area contributed by atoms with E-state index in [1.54, 1.807) is 12.3 Å². The molecule has 0 saturated carbocycles. The van der Waals surface area contributed by atoms with Gasteiger partial charge in [-0.3, -0.25) is 4.98 Å². The molecule has 0 radical (unpaired) electrons. The number of hydrogen-bond donors (Lipinski definition) is 2. The molecular weight excluding hydrogens is 380 g/mol. The van der Waals surface area contributed by atoms with Crippen molar-refractivity contribution in [1.29, 1.82) is 0 Å². The Hall–Kier alpha value is -3.40. The third kappa shape index (κ3) is 4.21. The van der Waals surface area contributed by atoms with Gasteiger partial charge in [-0.05, 0) is 30.7 Å². The highest BCUT2D eigenvalue weighted by molar-refractivity contribution is 5.64. The molecule has 0 aromatic carbocycles. The van der Waals surface area contributed by atoms with Crippen LogP contribution in [0.5, 0.6) is 0 Å². The van der Waals surface area contributed by atoms with Gasteiger partial charge in [0.05, 0.1) is 17.6 Å². The summed E-state index contributed by atoms with van der Waals surface area (Å²) >= 11 is 0. The fourth-order valence-corrected chi connectivity index (χ4v) is 2.90. The van der Waals surface area contributed by atoms with E-state index >= 15 is 0 Å². The first-order valence-electron chi connectivity index (χ1n) is 8.82. The molecule has 0 aliphatic rings. The van der Waals surface area contributed by atoms with E-state index in [1.165, 1.54) is 10.8 Å². The minimum Gasteiger partial charge on any atom is -0.363 e. The zero-order chi connectivity index (χ0) is 21.1. The first kappa shape index (κ1) is 20.3. The molecule has 0 amide bonds. The van der Waals surface area contributed by atoms with Gasteiger partial charge in [0, 0.05) is 44.4 Å². The van der Waals surface area contributed by atoms with Gasteiger partial charge >= 0.3 is 5.69 Å². The minimum absolute atomic E-state index is 0.134. The summed E-state index contributed by atoms with van der Waals surface area (Å²) in [6.07, 6.45) is 1.12. The molecule has 3 aromatic rings. The van der Waals surface area contributed by atoms with Gasteiger partial charge in [0.25, 0.3) is 6.08 Å². The van der Waals surface area contributed by atoms with E-state index in [9.17, 15) is 13.6 Å². The fraction of sp³-hybridized carbons (Fsp3) is 0.263. The normalized spacial score (nSPS) is 10.8. The second-order valence-electron chi connectivity index (χ2n) is 6.68. The third-order valence-electron chi connectivity index (χ3n) is 4.43. The van der Waals surface area contributed by atoms with Crippen LogP contribution in [0.3, 0.4) is 0 Å². The van der Waals surface area contributed by atoms with Crippen molar-refractivity contribution in [2.24, 2.45) is 5.73 Å². The lowest BCUT2D eigenvalue weighted by molar-refractivity contribution is 0.407. The monoisotopic (exact) mass is 401 g/mol. The molecule has 10 heteroatoms. The first-order chi connectivity index (χ1) is 13.8. The van der Waals surface area contributed by atoms with Crippen molar-refractivity contribution in [1.82, 2.24) is 24.7 Å². The second-order valence-corrected chi connectivity index (χ2v) is 6.68. The summed E-state index contributed by atoms with van der Waals surface area (Å²) in [6, 6.07) is 5.55. The van der Waals surface area contributed by atoms with Crippen LogP contribution in [-0.4, -0.2) is 45.4 Å². The Morgan fingerprint density at radius 2 is 2.00 bits per heavy atom. The molecule has 0 fully saturated rings. The van der Waals surface area contributed by atoms with Crippen molar-refractivity contribution < 1.29 is 8.78 Å². The molecule has 0 atom stereocenters. The predicted molar refractivity (Wildman–Crippen MR) is 106 cm³/mol. The molecule has 3 heterocycles. The van der Waals surface area contributed by atoms with Crippen LogP contribution in [0.1, 0.15) is 11.4 Å². The Morgan fingerprint density at radius 3 is 2.55 bits per heavy atom. The van der Waals surface area contributed by atoms with E-state index in [0.717, 1.165) is 16.9 Å². The van der Waals surface area contributed by atoms with E-state index in [1.807, 2.05) is 38.1 Å². The Balaban J connectivity index is 1.98. The Bertz CT molecular complexity index is 1100. The zero-order valence-electron chi connectivity index (χ0n) is 16.3. The Morgan fingerprint density at radius 1 is 1.24 bits per heavy atom. The van der Waals surface area contributed by atoms with Gasteiger partial charge in [0.2, 0.25) is 0 Å². The second kappa shape index (κ2) is 8.31. The van der Waals surface area contributed by atoms with Crippen molar-refractivity contribution in [3.8, 4) is 16.9 Å². The number of hydrogen-bond acceptors (Lipinski definition) is 6. The van der Waals surface area contributed by atoms with Crippen LogP contribution in [0.4, 0.5) is 14.6 Å². The topological polar surface area (TPSA) is 106 Å². The SMILES string of the molecule is Cc1cc(-n2c(CC(CN)=C(F)F)n[nH]c2=O)cnc1-c1ccc(N(C)C)nc1. The fourth-order valence-electron chi connectivity index (χ4n) is 2.90. The number of halogens is 2. The smallest absolute Gasteiger partial charge is 0.348 e. The van der Waals surface area contributed by atoms with E-state index in [2.05, 4.69) is 20.2 Å². The van der Waals surface area contributed by atoms with Crippen molar-refractivity contribution in [2.75, 3.05) is 25.5 Å². The van der Waals surface area contributed by atoms with Crippen LogP contribution in [0.15, 0.2) is 47.0 Å². The molecular formula is C19H21F2N7O. The van der Waals surface area contributed by atoms with Crippen LogP contribution < -0.4 is 16.3 Å². The number of nitrogens with zero attached hydrogens (tertiary/aromatic N) is 5. The molecule has 0 aliphatic heterocycles. The van der Waals surface area contributed by atoms with Gasteiger partial charge in [-0.25, -0.2) is 19.4 Å². The molecule has 0 bridgehead atoms. The molecule has 3 aromatic heterocycles. The highest BCUT2D eigenvalue weighted by atomic mass is 19.3. The van der Waals surface area contributed by atoms with Gasteiger partial charge in [0.1, 0.15) is 11.6 Å². The van der Waals surface area contributed by atoms with Crippen LogP contribution in [0.25, 0.3) is 16.9 Å². The number of nitrogens with one attached hydrogen (secondary N) is 1. The highest BCUT2D eigenvalue weighted by Gasteiger charge is 2.16. The van der Waals surface area contributed by atoms with Crippen LogP contribution in [-0.2, 0) is 6.42 Å². The summed E-state index contributed by atoms with van der Waals surface area (Å²) in [5.74, 6) is 0.954. The number of anilines is 1. The predicted octanol–water partition coefficient (Wildman–Crippen LogP) is 2.04. The third-order valence-corrected chi connectivity index (χ3v) is 4.43. The largest absolute Gasteiger partial charge is 0.363 e. The van der Waals surface area contributed by atoms with Crippen LogP contribution >= 0.6 is 0 Å². The maximum atomic E-state index is 13.0. The molecule has 3 N–H and O–H groups in total. The maximum Gasteiger partial charge on any atom is 0.348 e. The number of aromatic nitrogens is 5. The van der Waals surface area contributed by atoms with Crippen molar-refractivity contribution in [3.63, 3.8) is 0 Å². The first-order valence-corrected chi connectivity index (χ1v) is 8.82. The quantitative estimate of drug-likeness (QED) is 0.655. The summed E-state index contributed by atoms with van der Waals surface area (Å²) in [7, 11) is 3.81. The lowest BCUT2D eigenvalue weighted by Crippen LogP contribution is -2.19. The zero-order valence-corrected chi connectivity index (χ0v) is 16.3. The average molecular weight is 401 g/mol. The van der Waals surface area contributed by atoms with Gasteiger partial charge in [-0.1, -0.05) is 0 Å². The number of rotatable bonds is 6. The molecule has 8 nitrogen and oxygen atoms in total. The summed E-state index contributed by atoms with van der Waals surface area (Å²) in [5, 5.41) is 6.15. The molecule has 0 aliphatic carbocycles. The summed E-state index contributed by atoms with van der Waals surface area (Å²) in [6.45, 7) is 1.53. The van der Waals surface area contributed by atoms with Crippen molar-refractivity contribution >= 4 is 5.82 Å². The molecule has 0 unspecified atom stereocenters. The van der Waals surface area contributed by atoms with Crippen LogP contribution in [0.2, 0.25) is 0 Å². The van der Waals surface area contributed by atoms with E-state index in [4.69, 9.17) is 5.73 Å². The minimum atomic E-state index is -1.87. The lowest BCUT2D eigenvalue weighted by atomic mass is 10.1. The molecule has 152 valence electrons. The van der Waals surface area contributed by atoms with E-state index in [0.29, 0.717) is 11.4 Å². The average Bonchev–Trinajstić information content (AvgIpc) is 3.06. The number of aryl methyl sites for hydroxylation is 1. The number of pyridine rings is 2. The maximum absolute atomic E-state index is 13.0. The number of nitrogens with two attached hydrogens (primary N) is 1. The van der Waals surface area contributed by atoms with E-state index in [-0.39, 0.29) is 24.4 Å². The molecule has 29 heavy (non-hydrogen) atoms. The highest BCUT2D eigenvalue weighted by Crippen LogP contribution is 2.24. The Kier molecular flexibility index (Phi) is 5.83. The Labute approximate surface area is 165 Å². The number of H-pyrrole nitrogens is 1. The number of aromatic amines is 1. The summed E-state index contributed by atoms with van der Waals surface area (Å²) in [5.41, 5.74) is 7.31. The van der Waals surface area contributed by atoms with Gasteiger partial charge in [-0.15, -0.1) is 0 Å². The van der Waals surface area contributed by atoms with Gasteiger partial charge in [-0.2, -0.15) is 13.9 Å². The van der Waals surface area contributed by atoms with Crippen LogP contribution in [0, 0.1) is 6.92 Å². The molecule has 0 spiro atoms. The van der Waals surface area contributed by atoms with Crippen molar-refractivity contribution in [3.05, 3.63) is 64.1 Å². The van der Waals surface area contributed by atoms with Crippen molar-refractivity contribution in [2.45, 2.75) is 13.3 Å². The summed E-state index contributed by atoms with van der Waals surface area (Å²) in [4.78, 5) is 22.9. The van der Waals surface area contributed by atoms with Gasteiger partial charge in [0.15, 0.2) is 0 Å². The molecule has 3 rings (SSSR count). The standard InChI is InChI=1S/C19H21F2N7O/c1-11-6-14(10-24-17(11)12-4-5-15(23-9-12)27(2)3)28-16(25-26-19(28)29)7-13(8-22)18(20)21/h4-6,9-10H,7-8,22H2,1-3H3,(H,26,29). The lowest BCUT2D eigenvalue weighted by Gasteiger charge is -2.13.